The molecule has 2 aliphatic heterocycles. The number of nitrogens with two attached hydrogens (primary N) is 2. The Hall–Kier alpha value is -6.87. The number of carbonyl (C=O) groups is 2. The Morgan fingerprint density at radius 2 is 1.14 bits per heavy atom. The summed E-state index contributed by atoms with van der Waals surface area (Å²) in [7, 11) is 0. The number of nitrogens with one attached hydrogen (secondary N) is 4. The zero-order valence-corrected chi connectivity index (χ0v) is 38.9. The van der Waals surface area contributed by atoms with E-state index in [2.05, 4.69) is 80.1 Å². The van der Waals surface area contributed by atoms with Gasteiger partial charge in [-0.3, -0.25) is 24.8 Å². The lowest BCUT2D eigenvalue weighted by molar-refractivity contribution is -0.0385. The predicted molar refractivity (Wildman–Crippen MR) is 258 cm³/mol. The van der Waals surface area contributed by atoms with Gasteiger partial charge in [0.1, 0.15) is 22.6 Å². The monoisotopic (exact) mass is 897 g/mol. The fourth-order valence-electron chi connectivity index (χ4n) is 9.28. The van der Waals surface area contributed by atoms with Crippen LogP contribution in [0.5, 0.6) is 11.5 Å². The maximum Gasteiger partial charge on any atom is 0.254 e. The van der Waals surface area contributed by atoms with Crippen LogP contribution >= 0.6 is 0 Å². The van der Waals surface area contributed by atoms with Crippen molar-refractivity contribution in [2.75, 3.05) is 28.6 Å². The second-order valence-electron chi connectivity index (χ2n) is 18.0. The number of amides is 2. The molecule has 10 N–H and O–H groups in total. The number of nitrogens with zero attached hydrogens (tertiary/aromatic N) is 4. The Kier molecular flexibility index (Phi) is 15.0. The van der Waals surface area contributed by atoms with Gasteiger partial charge in [0.2, 0.25) is 0 Å². The van der Waals surface area contributed by atoms with Crippen molar-refractivity contribution in [1.82, 2.24) is 25.4 Å². The van der Waals surface area contributed by atoms with Crippen LogP contribution < -0.4 is 27.0 Å². The molecule has 15 nitrogen and oxygen atoms in total. The van der Waals surface area contributed by atoms with Crippen molar-refractivity contribution < 1.29 is 24.5 Å². The quantitative estimate of drug-likeness (QED) is 0.0520. The number of benzene rings is 3. The fraction of sp³-hybridized carbons (Fsp3) is 0.392. The number of hydrogen-bond donors (Lipinski definition) is 8. The first-order valence-corrected chi connectivity index (χ1v) is 22.9. The molecule has 2 amide bonds. The summed E-state index contributed by atoms with van der Waals surface area (Å²) in [6.07, 6.45) is 9.10. The van der Waals surface area contributed by atoms with Crippen molar-refractivity contribution in [3.8, 4) is 11.5 Å². The average Bonchev–Trinajstić information content (AvgIpc) is 3.90. The summed E-state index contributed by atoms with van der Waals surface area (Å²) in [5.74, 6) is 0.799. The molecule has 3 aromatic heterocycles. The third-order valence-corrected chi connectivity index (χ3v) is 12.6. The minimum atomic E-state index is -0.543. The number of hydrogen-bond acceptors (Lipinski definition) is 11. The highest BCUT2D eigenvalue weighted by atomic mass is 16.5. The SMILES string of the molecule is Cc1cc(CNc2n[nH]c(Cc3ccc(C4C[C@@H](C)O[C@@H](C)C4)nc3)c2C(N)=O)cc(C)c1O.Cc1cc(CNc2n[nH]c(Cc3ccc(N4CCCCC4)cc3)c2C(N)=O)cc(C)c1O. The van der Waals surface area contributed by atoms with Gasteiger partial charge in [-0.25, -0.2) is 0 Å². The molecule has 8 rings (SSSR count). The Morgan fingerprint density at radius 1 is 0.682 bits per heavy atom. The van der Waals surface area contributed by atoms with Gasteiger partial charge in [0.05, 0.1) is 23.6 Å². The summed E-state index contributed by atoms with van der Waals surface area (Å²) in [4.78, 5) is 31.6. The number of anilines is 3. The van der Waals surface area contributed by atoms with Crippen LogP contribution in [0.25, 0.3) is 0 Å². The zero-order chi connectivity index (χ0) is 47.1. The third kappa shape index (κ3) is 11.5. The molecule has 0 spiro atoms. The Morgan fingerprint density at radius 3 is 1.58 bits per heavy atom. The van der Waals surface area contributed by atoms with Gasteiger partial charge >= 0.3 is 0 Å². The number of pyridine rings is 1. The highest BCUT2D eigenvalue weighted by Crippen LogP contribution is 2.33. The second-order valence-corrected chi connectivity index (χ2v) is 18.0. The largest absolute Gasteiger partial charge is 0.507 e. The van der Waals surface area contributed by atoms with Crippen molar-refractivity contribution >= 4 is 29.1 Å². The predicted octanol–water partition coefficient (Wildman–Crippen LogP) is 8.12. The number of rotatable bonds is 14. The van der Waals surface area contributed by atoms with Gasteiger partial charge in [-0.2, -0.15) is 10.2 Å². The molecule has 0 radical (unpaired) electrons. The molecule has 0 aliphatic carbocycles. The fourth-order valence-corrected chi connectivity index (χ4v) is 9.28. The van der Waals surface area contributed by atoms with Crippen LogP contribution in [0.15, 0.2) is 66.9 Å². The van der Waals surface area contributed by atoms with Crippen LogP contribution in [0, 0.1) is 27.7 Å². The van der Waals surface area contributed by atoms with E-state index in [0.717, 1.165) is 76.1 Å². The van der Waals surface area contributed by atoms with Crippen molar-refractivity contribution in [2.24, 2.45) is 11.5 Å². The van der Waals surface area contributed by atoms with E-state index in [1.807, 2.05) is 64.2 Å². The van der Waals surface area contributed by atoms with E-state index < -0.39 is 11.8 Å². The second kappa shape index (κ2) is 21.0. The Balaban J connectivity index is 0.000000197. The van der Waals surface area contributed by atoms with E-state index in [1.54, 1.807) is 0 Å². The first kappa shape index (κ1) is 47.1. The summed E-state index contributed by atoms with van der Waals surface area (Å²) in [5.41, 5.74) is 23.1. The first-order chi connectivity index (χ1) is 31.6. The molecule has 2 aliphatic rings. The van der Waals surface area contributed by atoms with Gasteiger partial charge in [0, 0.05) is 62.5 Å². The molecule has 2 saturated heterocycles. The summed E-state index contributed by atoms with van der Waals surface area (Å²) >= 11 is 0. The summed E-state index contributed by atoms with van der Waals surface area (Å²) in [5, 5.41) is 40.9. The maximum absolute atomic E-state index is 12.2. The van der Waals surface area contributed by atoms with Crippen LogP contribution in [0.4, 0.5) is 17.3 Å². The lowest BCUT2D eigenvalue weighted by atomic mass is 9.89. The number of aryl methyl sites for hydroxylation is 4. The summed E-state index contributed by atoms with van der Waals surface area (Å²) in [6.45, 7) is 14.8. The van der Waals surface area contributed by atoms with E-state index in [-0.39, 0.29) is 12.2 Å². The average molecular weight is 897 g/mol. The number of phenolic OH excluding ortho intramolecular Hbond substituents is 2. The minimum Gasteiger partial charge on any atom is -0.507 e. The van der Waals surface area contributed by atoms with Crippen molar-refractivity contribution in [3.05, 3.63) is 140 Å². The van der Waals surface area contributed by atoms with Gasteiger partial charge in [-0.05, 0) is 136 Å². The molecular weight excluding hydrogens is 833 g/mol. The molecule has 348 valence electrons. The van der Waals surface area contributed by atoms with Crippen LogP contribution in [0.1, 0.15) is 134 Å². The van der Waals surface area contributed by atoms with E-state index in [0.29, 0.717) is 77.5 Å². The number of H-pyrrole nitrogens is 2. The third-order valence-electron chi connectivity index (χ3n) is 12.6. The molecule has 5 heterocycles. The first-order valence-electron chi connectivity index (χ1n) is 22.9. The highest BCUT2D eigenvalue weighted by Gasteiger charge is 2.27. The Labute approximate surface area is 386 Å². The zero-order valence-electron chi connectivity index (χ0n) is 38.9. The number of aromatic nitrogens is 5. The number of aromatic amines is 2. The van der Waals surface area contributed by atoms with E-state index in [4.69, 9.17) is 21.2 Å². The molecule has 3 aromatic carbocycles. The van der Waals surface area contributed by atoms with Gasteiger partial charge in [-0.15, -0.1) is 0 Å². The topological polar surface area (TPSA) is 233 Å². The number of piperidine rings is 1. The van der Waals surface area contributed by atoms with Crippen LogP contribution in [-0.4, -0.2) is 72.7 Å². The lowest BCUT2D eigenvalue weighted by Gasteiger charge is -2.31. The van der Waals surface area contributed by atoms with Gasteiger partial charge < -0.3 is 42.0 Å². The maximum atomic E-state index is 12.2. The van der Waals surface area contributed by atoms with Crippen LogP contribution in [-0.2, 0) is 30.7 Å². The molecule has 0 saturated carbocycles. The van der Waals surface area contributed by atoms with Crippen LogP contribution in [0.3, 0.4) is 0 Å². The molecule has 15 heteroatoms. The van der Waals surface area contributed by atoms with E-state index in [1.165, 1.54) is 24.9 Å². The van der Waals surface area contributed by atoms with Crippen molar-refractivity contribution in [3.63, 3.8) is 0 Å². The van der Waals surface area contributed by atoms with E-state index in [9.17, 15) is 19.8 Å². The number of carbonyl (C=O) groups excluding carboxylic acids is 2. The van der Waals surface area contributed by atoms with Gasteiger partial charge in [0.15, 0.2) is 11.6 Å². The number of ether oxygens (including phenoxy) is 1. The molecule has 3 atom stereocenters. The molecule has 0 bridgehead atoms. The summed E-state index contributed by atoms with van der Waals surface area (Å²) in [6, 6.07) is 20.3. The lowest BCUT2D eigenvalue weighted by Crippen LogP contribution is -2.29. The van der Waals surface area contributed by atoms with Crippen LogP contribution in [0.2, 0.25) is 0 Å². The minimum absolute atomic E-state index is 0.235. The van der Waals surface area contributed by atoms with Gasteiger partial charge in [-0.1, -0.05) is 42.5 Å². The van der Waals surface area contributed by atoms with Gasteiger partial charge in [0.25, 0.3) is 11.8 Å². The standard InChI is InChI=1S/C26H33N5O3.C25H31N5O2/c1-14-7-19(8-15(2)24(14)32)13-29-26-23(25(27)33)22(30-31-26)11-18-5-6-21(28-12-18)20-9-16(3)34-17(4)10-20;1-16-12-19(13-17(2)23(16)31)15-27-25-22(24(26)32)21(28-29-25)14-18-6-8-20(9-7-18)30-10-4-3-5-11-30/h5-8,12,16-17,20,32H,9-11,13H2,1-4H3,(H2,27,33)(H2,29,30,31);6-9,12-13,31H,3-5,10-11,14-15H2,1-2H3,(H2,26,32)(H2,27,28,29)/t16-,17+,20?;. The number of phenols is 2. The molecule has 1 unspecified atom stereocenters. The highest BCUT2D eigenvalue weighted by molar-refractivity contribution is 5.99. The molecule has 2 fully saturated rings. The summed E-state index contributed by atoms with van der Waals surface area (Å²) < 4.78 is 5.84. The smallest absolute Gasteiger partial charge is 0.254 e. The number of primary amides is 2. The van der Waals surface area contributed by atoms with E-state index >= 15 is 0 Å². The molecule has 66 heavy (non-hydrogen) atoms. The number of aromatic hydroxyl groups is 2. The normalized spacial score (nSPS) is 17.2. The van der Waals surface area contributed by atoms with Crippen molar-refractivity contribution in [1.29, 1.82) is 0 Å². The molecular formula is C51H64N10O5. The Bertz CT molecular complexity index is 2580. The van der Waals surface area contributed by atoms with Crippen molar-refractivity contribution in [2.45, 2.75) is 118 Å². The molecule has 6 aromatic rings.